The molecule has 1 aliphatic heterocycles. The SMILES string of the molecule is COc1ccc(C2CC(c3ccc(N(F)S(=O)(=O)c4ccccc4)cc3)=NN2C(C)=O)cc1. The molecule has 0 bridgehead atoms. The number of sulfonamides is 1. The molecule has 1 heterocycles. The predicted molar refractivity (Wildman–Crippen MR) is 123 cm³/mol. The Balaban J connectivity index is 1.57. The molecule has 3 aromatic rings. The Hall–Kier alpha value is -3.72. The summed E-state index contributed by atoms with van der Waals surface area (Å²) < 4.78 is 44.7. The number of hydrogen-bond acceptors (Lipinski definition) is 5. The zero-order chi connectivity index (χ0) is 23.6. The Morgan fingerprint density at radius 1 is 1.03 bits per heavy atom. The van der Waals surface area contributed by atoms with E-state index in [1.54, 1.807) is 25.3 Å². The molecule has 0 radical (unpaired) electrons. The average Bonchev–Trinajstić information content (AvgIpc) is 3.30. The van der Waals surface area contributed by atoms with Gasteiger partial charge in [0.2, 0.25) is 5.91 Å². The number of ether oxygens (including phenoxy) is 1. The fourth-order valence-electron chi connectivity index (χ4n) is 3.66. The van der Waals surface area contributed by atoms with Gasteiger partial charge in [0.05, 0.1) is 29.4 Å². The summed E-state index contributed by atoms with van der Waals surface area (Å²) >= 11 is 0. The van der Waals surface area contributed by atoms with E-state index in [2.05, 4.69) is 5.10 Å². The standard InChI is InChI=1S/C24H22FN3O4S/c1-17(29)27-24(19-10-14-21(32-2)15-11-19)16-23(26-27)18-8-12-20(13-9-18)28(25)33(30,31)22-6-4-3-5-7-22/h3-15,24H,16H2,1-2H3. The van der Waals surface area contributed by atoms with Crippen LogP contribution in [0.25, 0.3) is 0 Å². The first-order valence-corrected chi connectivity index (χ1v) is 11.6. The minimum absolute atomic E-state index is 0.128. The Morgan fingerprint density at radius 3 is 2.24 bits per heavy atom. The molecule has 0 saturated heterocycles. The van der Waals surface area contributed by atoms with Crippen molar-refractivity contribution in [3.63, 3.8) is 0 Å². The third-order valence-electron chi connectivity index (χ3n) is 5.39. The van der Waals surface area contributed by atoms with Gasteiger partial charge in [-0.3, -0.25) is 4.79 Å². The summed E-state index contributed by atoms with van der Waals surface area (Å²) in [4.78, 5) is 12.0. The highest BCUT2D eigenvalue weighted by Gasteiger charge is 2.32. The molecular formula is C24H22FN3O4S. The maximum atomic E-state index is 14.8. The molecule has 9 heteroatoms. The van der Waals surface area contributed by atoms with Gasteiger partial charge >= 0.3 is 0 Å². The number of anilines is 1. The van der Waals surface area contributed by atoms with Gasteiger partial charge in [0, 0.05) is 13.3 Å². The van der Waals surface area contributed by atoms with Gasteiger partial charge in [-0.25, -0.2) is 5.01 Å². The highest BCUT2D eigenvalue weighted by Crippen LogP contribution is 2.34. The van der Waals surface area contributed by atoms with E-state index in [4.69, 9.17) is 4.74 Å². The molecule has 1 unspecified atom stereocenters. The van der Waals surface area contributed by atoms with Gasteiger partial charge in [-0.15, -0.1) is 0 Å². The first-order valence-electron chi connectivity index (χ1n) is 10.2. The lowest BCUT2D eigenvalue weighted by Crippen LogP contribution is -2.24. The zero-order valence-corrected chi connectivity index (χ0v) is 18.9. The summed E-state index contributed by atoms with van der Waals surface area (Å²) in [6.45, 7) is 1.45. The Labute approximate surface area is 191 Å². The van der Waals surface area contributed by atoms with E-state index < -0.39 is 10.0 Å². The van der Waals surface area contributed by atoms with Crippen molar-refractivity contribution < 1.29 is 22.4 Å². The number of rotatable bonds is 6. The number of benzene rings is 3. The Morgan fingerprint density at radius 2 is 1.67 bits per heavy atom. The molecule has 7 nitrogen and oxygen atoms in total. The van der Waals surface area contributed by atoms with Gasteiger partial charge in [0.1, 0.15) is 5.75 Å². The quantitative estimate of drug-likeness (QED) is 0.501. The minimum atomic E-state index is -4.32. The van der Waals surface area contributed by atoms with E-state index >= 15 is 0 Å². The average molecular weight is 468 g/mol. The van der Waals surface area contributed by atoms with Crippen LogP contribution in [0, 0.1) is 0 Å². The molecule has 0 aromatic heterocycles. The topological polar surface area (TPSA) is 79.3 Å². The van der Waals surface area contributed by atoms with E-state index in [-0.39, 0.29) is 27.1 Å². The summed E-state index contributed by atoms with van der Waals surface area (Å²) in [6, 6.07) is 20.4. The van der Waals surface area contributed by atoms with Crippen molar-refractivity contribution in [2.75, 3.05) is 11.6 Å². The number of carbonyl (C=O) groups excluding carboxylic acids is 1. The number of hydrazone groups is 1. The normalized spacial score (nSPS) is 15.8. The molecule has 0 aliphatic carbocycles. The van der Waals surface area contributed by atoms with Crippen LogP contribution in [0.5, 0.6) is 5.75 Å². The van der Waals surface area contributed by atoms with E-state index in [1.165, 1.54) is 48.3 Å². The Kier molecular flexibility index (Phi) is 6.15. The number of nitrogens with zero attached hydrogens (tertiary/aromatic N) is 3. The fraction of sp³-hybridized carbons (Fsp3) is 0.167. The van der Waals surface area contributed by atoms with Crippen LogP contribution in [0.2, 0.25) is 0 Å². The third-order valence-corrected chi connectivity index (χ3v) is 6.89. The number of amides is 1. The lowest BCUT2D eigenvalue weighted by atomic mass is 9.98. The maximum Gasteiger partial charge on any atom is 0.290 e. The number of hydrogen-bond donors (Lipinski definition) is 0. The lowest BCUT2D eigenvalue weighted by Gasteiger charge is -2.20. The van der Waals surface area contributed by atoms with Crippen LogP contribution in [-0.4, -0.2) is 32.2 Å². The molecule has 0 N–H and O–H groups in total. The van der Waals surface area contributed by atoms with Crippen LogP contribution in [0.4, 0.5) is 10.2 Å². The van der Waals surface area contributed by atoms with Crippen LogP contribution in [0.3, 0.4) is 0 Å². The van der Waals surface area contributed by atoms with Crippen molar-refractivity contribution >= 4 is 27.3 Å². The van der Waals surface area contributed by atoms with Crippen molar-refractivity contribution in [2.24, 2.45) is 5.10 Å². The van der Waals surface area contributed by atoms with Crippen molar-refractivity contribution in [3.05, 3.63) is 90.0 Å². The first-order chi connectivity index (χ1) is 15.8. The van der Waals surface area contributed by atoms with Crippen LogP contribution in [-0.2, 0) is 14.8 Å². The highest BCUT2D eigenvalue weighted by atomic mass is 32.2. The largest absolute Gasteiger partial charge is 0.497 e. The lowest BCUT2D eigenvalue weighted by molar-refractivity contribution is -0.130. The summed E-state index contributed by atoms with van der Waals surface area (Å²) in [5, 5.41) is 5.90. The number of halogens is 1. The summed E-state index contributed by atoms with van der Waals surface area (Å²) in [6.07, 6.45) is 0.465. The van der Waals surface area contributed by atoms with Gasteiger partial charge < -0.3 is 4.74 Å². The monoisotopic (exact) mass is 467 g/mol. The van der Waals surface area contributed by atoms with Crippen molar-refractivity contribution in [1.82, 2.24) is 5.01 Å². The molecule has 3 aromatic carbocycles. The van der Waals surface area contributed by atoms with Gasteiger partial charge in [0.15, 0.2) is 0 Å². The van der Waals surface area contributed by atoms with E-state index in [1.807, 2.05) is 24.3 Å². The maximum absolute atomic E-state index is 14.8. The molecule has 170 valence electrons. The smallest absolute Gasteiger partial charge is 0.290 e. The minimum Gasteiger partial charge on any atom is -0.497 e. The van der Waals surface area contributed by atoms with E-state index in [0.717, 1.165) is 5.56 Å². The summed E-state index contributed by atoms with van der Waals surface area (Å²) in [5.41, 5.74) is 2.10. The second-order valence-corrected chi connectivity index (χ2v) is 9.23. The van der Waals surface area contributed by atoms with Gasteiger partial charge in [-0.2, -0.15) is 13.5 Å². The van der Waals surface area contributed by atoms with Crippen molar-refractivity contribution in [3.8, 4) is 5.75 Å². The van der Waals surface area contributed by atoms with Gasteiger partial charge in [0.25, 0.3) is 10.0 Å². The molecule has 1 atom stereocenters. The second-order valence-electron chi connectivity index (χ2n) is 7.48. The number of methoxy groups -OCH3 is 1. The van der Waals surface area contributed by atoms with Crippen LogP contribution < -0.4 is 9.26 Å². The molecule has 1 aliphatic rings. The molecule has 0 fully saturated rings. The summed E-state index contributed by atoms with van der Waals surface area (Å²) in [7, 11) is -2.74. The highest BCUT2D eigenvalue weighted by molar-refractivity contribution is 7.92. The molecule has 4 rings (SSSR count). The van der Waals surface area contributed by atoms with Crippen LogP contribution >= 0.6 is 0 Å². The van der Waals surface area contributed by atoms with Gasteiger partial charge in [-0.05, 0) is 47.5 Å². The molecule has 1 amide bonds. The predicted octanol–water partition coefficient (Wildman–Crippen LogP) is 4.47. The summed E-state index contributed by atoms with van der Waals surface area (Å²) in [5.74, 6) is 0.510. The van der Waals surface area contributed by atoms with Gasteiger partial charge in [-0.1, -0.05) is 51.5 Å². The molecule has 0 spiro atoms. The third kappa shape index (κ3) is 4.45. The zero-order valence-electron chi connectivity index (χ0n) is 18.1. The molecule has 0 saturated carbocycles. The van der Waals surface area contributed by atoms with E-state index in [9.17, 15) is 17.7 Å². The Bertz CT molecular complexity index is 1280. The first kappa shape index (κ1) is 22.5. The van der Waals surface area contributed by atoms with Crippen LogP contribution in [0.1, 0.15) is 30.5 Å². The van der Waals surface area contributed by atoms with Crippen molar-refractivity contribution in [1.29, 1.82) is 0 Å². The molecule has 33 heavy (non-hydrogen) atoms. The second kappa shape index (κ2) is 9.03. The number of carbonyl (C=O) groups is 1. The van der Waals surface area contributed by atoms with Crippen molar-refractivity contribution in [2.45, 2.75) is 24.3 Å². The van der Waals surface area contributed by atoms with E-state index in [0.29, 0.717) is 23.4 Å². The molecular weight excluding hydrogens is 445 g/mol. The van der Waals surface area contributed by atoms with Crippen LogP contribution in [0.15, 0.2) is 88.9 Å². The fourth-order valence-corrected chi connectivity index (χ4v) is 4.74.